The number of hydrogen-bond acceptors (Lipinski definition) is 5. The van der Waals surface area contributed by atoms with Crippen LogP contribution >= 0.6 is 11.8 Å². The second kappa shape index (κ2) is 5.38. The van der Waals surface area contributed by atoms with Gasteiger partial charge in [0.05, 0.1) is 11.8 Å². The third-order valence-corrected chi connectivity index (χ3v) is 2.05. The van der Waals surface area contributed by atoms with Crippen LogP contribution in [0.15, 0.2) is 12.3 Å². The molecule has 68 valence electrons. The maximum atomic E-state index is 8.71. The van der Waals surface area contributed by atoms with Crippen molar-refractivity contribution in [1.82, 2.24) is 10.2 Å². The minimum absolute atomic E-state index is 0.538. The van der Waals surface area contributed by atoms with Gasteiger partial charge in [-0.15, -0.1) is 5.10 Å². The molecule has 0 radical (unpaired) electrons. The quantitative estimate of drug-likeness (QED) is 0.728. The Balaban J connectivity index is 2.60. The smallest absolute Gasteiger partial charge is 0.166 e. The third kappa shape index (κ3) is 2.92. The van der Waals surface area contributed by atoms with E-state index in [1.807, 2.05) is 6.26 Å². The number of nitriles is 1. The van der Waals surface area contributed by atoms with E-state index in [-0.39, 0.29) is 0 Å². The van der Waals surface area contributed by atoms with Gasteiger partial charge >= 0.3 is 0 Å². The maximum absolute atomic E-state index is 8.71. The van der Waals surface area contributed by atoms with E-state index in [2.05, 4.69) is 21.6 Å². The van der Waals surface area contributed by atoms with Crippen LogP contribution in [-0.2, 0) is 0 Å². The van der Waals surface area contributed by atoms with Crippen molar-refractivity contribution < 1.29 is 0 Å². The van der Waals surface area contributed by atoms with Gasteiger partial charge in [-0.05, 0) is 12.3 Å². The number of anilines is 1. The van der Waals surface area contributed by atoms with Gasteiger partial charge in [0.2, 0.25) is 0 Å². The SMILES string of the molecule is CSCCNc1nnccc1C#N. The van der Waals surface area contributed by atoms with Crippen LogP contribution in [0.3, 0.4) is 0 Å². The molecule has 1 aromatic rings. The zero-order chi connectivity index (χ0) is 9.52. The van der Waals surface area contributed by atoms with Crippen LogP contribution in [0.2, 0.25) is 0 Å². The first kappa shape index (κ1) is 9.81. The molecule has 0 atom stereocenters. The van der Waals surface area contributed by atoms with Gasteiger partial charge in [0, 0.05) is 12.3 Å². The minimum Gasteiger partial charge on any atom is -0.367 e. The van der Waals surface area contributed by atoms with E-state index < -0.39 is 0 Å². The van der Waals surface area contributed by atoms with Crippen LogP contribution in [0.1, 0.15) is 5.56 Å². The van der Waals surface area contributed by atoms with E-state index in [0.717, 1.165) is 12.3 Å². The summed E-state index contributed by atoms with van der Waals surface area (Å²) >= 11 is 1.74. The van der Waals surface area contributed by atoms with Gasteiger partial charge in [0.25, 0.3) is 0 Å². The van der Waals surface area contributed by atoms with Crippen molar-refractivity contribution in [1.29, 1.82) is 5.26 Å². The van der Waals surface area contributed by atoms with Crippen molar-refractivity contribution in [3.05, 3.63) is 17.8 Å². The lowest BCUT2D eigenvalue weighted by molar-refractivity contribution is 1.01. The second-order valence-electron chi connectivity index (χ2n) is 2.32. The molecular weight excluding hydrogens is 184 g/mol. The predicted molar refractivity (Wildman–Crippen MR) is 53.6 cm³/mol. The Bertz CT molecular complexity index is 307. The monoisotopic (exact) mass is 194 g/mol. The highest BCUT2D eigenvalue weighted by atomic mass is 32.2. The number of hydrogen-bond donors (Lipinski definition) is 1. The fourth-order valence-electron chi connectivity index (χ4n) is 0.824. The molecular formula is C8H10N4S. The highest BCUT2D eigenvalue weighted by Gasteiger charge is 2.00. The lowest BCUT2D eigenvalue weighted by Gasteiger charge is -2.03. The van der Waals surface area contributed by atoms with Gasteiger partial charge in [0.1, 0.15) is 6.07 Å². The average molecular weight is 194 g/mol. The van der Waals surface area contributed by atoms with Crippen molar-refractivity contribution in [3.63, 3.8) is 0 Å². The molecule has 0 aliphatic carbocycles. The summed E-state index contributed by atoms with van der Waals surface area (Å²) in [5.41, 5.74) is 0.538. The molecule has 1 rings (SSSR count). The standard InChI is InChI=1S/C8H10N4S/c1-13-5-4-10-8-7(6-9)2-3-11-12-8/h2-3H,4-5H2,1H3,(H,10,12). The Morgan fingerprint density at radius 1 is 1.69 bits per heavy atom. The maximum Gasteiger partial charge on any atom is 0.166 e. The minimum atomic E-state index is 0.538. The summed E-state index contributed by atoms with van der Waals surface area (Å²) in [6.45, 7) is 0.800. The number of aromatic nitrogens is 2. The first-order chi connectivity index (χ1) is 6.38. The molecule has 0 bridgehead atoms. The van der Waals surface area contributed by atoms with Gasteiger partial charge in [-0.1, -0.05) is 0 Å². The van der Waals surface area contributed by atoms with Gasteiger partial charge < -0.3 is 5.32 Å². The Kier molecular flexibility index (Phi) is 4.06. The molecule has 0 aliphatic heterocycles. The first-order valence-corrected chi connectivity index (χ1v) is 5.22. The zero-order valence-corrected chi connectivity index (χ0v) is 8.14. The Morgan fingerprint density at radius 3 is 3.23 bits per heavy atom. The third-order valence-electron chi connectivity index (χ3n) is 1.44. The van der Waals surface area contributed by atoms with E-state index >= 15 is 0 Å². The number of nitrogens with zero attached hydrogens (tertiary/aromatic N) is 3. The summed E-state index contributed by atoms with van der Waals surface area (Å²) in [7, 11) is 0. The van der Waals surface area contributed by atoms with Gasteiger partial charge in [-0.25, -0.2) is 0 Å². The van der Waals surface area contributed by atoms with E-state index in [0.29, 0.717) is 11.4 Å². The van der Waals surface area contributed by atoms with Crippen LogP contribution in [0, 0.1) is 11.3 Å². The number of rotatable bonds is 4. The average Bonchev–Trinajstić information content (AvgIpc) is 2.19. The van der Waals surface area contributed by atoms with Crippen molar-refractivity contribution in [3.8, 4) is 6.07 Å². The molecule has 4 nitrogen and oxygen atoms in total. The fourth-order valence-corrected chi connectivity index (χ4v) is 1.13. The van der Waals surface area contributed by atoms with E-state index in [9.17, 15) is 0 Å². The number of nitrogens with one attached hydrogen (secondary N) is 1. The molecule has 0 unspecified atom stereocenters. The van der Waals surface area contributed by atoms with Crippen molar-refractivity contribution in [2.75, 3.05) is 23.9 Å². The summed E-state index contributed by atoms with van der Waals surface area (Å²) in [5.74, 6) is 1.56. The zero-order valence-electron chi connectivity index (χ0n) is 7.32. The first-order valence-electron chi connectivity index (χ1n) is 3.83. The predicted octanol–water partition coefficient (Wildman–Crippen LogP) is 1.12. The molecule has 1 heterocycles. The Hall–Kier alpha value is -1.28. The Labute approximate surface area is 81.4 Å². The molecule has 0 amide bonds. The molecule has 0 saturated carbocycles. The van der Waals surface area contributed by atoms with Crippen molar-refractivity contribution >= 4 is 17.6 Å². The molecule has 5 heteroatoms. The summed E-state index contributed by atoms with van der Waals surface area (Å²) in [6.07, 6.45) is 3.54. The van der Waals surface area contributed by atoms with E-state index in [1.54, 1.807) is 17.8 Å². The molecule has 13 heavy (non-hydrogen) atoms. The molecule has 0 spiro atoms. The van der Waals surface area contributed by atoms with Gasteiger partial charge in [-0.2, -0.15) is 22.1 Å². The molecule has 1 aromatic heterocycles. The largest absolute Gasteiger partial charge is 0.367 e. The van der Waals surface area contributed by atoms with Crippen molar-refractivity contribution in [2.24, 2.45) is 0 Å². The van der Waals surface area contributed by atoms with E-state index in [1.165, 1.54) is 6.20 Å². The normalized spacial score (nSPS) is 9.23. The molecule has 0 aliphatic rings. The summed E-state index contributed by atoms with van der Waals surface area (Å²) in [6, 6.07) is 3.70. The van der Waals surface area contributed by atoms with Crippen LogP contribution < -0.4 is 5.32 Å². The van der Waals surface area contributed by atoms with Crippen molar-refractivity contribution in [2.45, 2.75) is 0 Å². The summed E-state index contributed by atoms with van der Waals surface area (Å²) in [4.78, 5) is 0. The summed E-state index contributed by atoms with van der Waals surface area (Å²) < 4.78 is 0. The highest BCUT2D eigenvalue weighted by Crippen LogP contribution is 2.07. The van der Waals surface area contributed by atoms with E-state index in [4.69, 9.17) is 5.26 Å². The molecule has 0 saturated heterocycles. The van der Waals surface area contributed by atoms with Crippen LogP contribution in [0.25, 0.3) is 0 Å². The topological polar surface area (TPSA) is 61.6 Å². The second-order valence-corrected chi connectivity index (χ2v) is 3.31. The fraction of sp³-hybridized carbons (Fsp3) is 0.375. The Morgan fingerprint density at radius 2 is 2.54 bits per heavy atom. The molecule has 0 fully saturated rings. The lowest BCUT2D eigenvalue weighted by Crippen LogP contribution is -2.07. The highest BCUT2D eigenvalue weighted by molar-refractivity contribution is 7.98. The van der Waals surface area contributed by atoms with Crippen LogP contribution in [0.4, 0.5) is 5.82 Å². The molecule has 1 N–H and O–H groups in total. The summed E-state index contributed by atoms with van der Waals surface area (Å²) in [5, 5.41) is 19.3. The van der Waals surface area contributed by atoms with Crippen LogP contribution in [-0.4, -0.2) is 28.8 Å². The van der Waals surface area contributed by atoms with Crippen LogP contribution in [0.5, 0.6) is 0 Å². The van der Waals surface area contributed by atoms with Gasteiger partial charge in [0.15, 0.2) is 5.82 Å². The lowest BCUT2D eigenvalue weighted by atomic mass is 10.3. The molecule has 0 aromatic carbocycles. The van der Waals surface area contributed by atoms with Gasteiger partial charge in [-0.3, -0.25) is 0 Å². The number of thioether (sulfide) groups is 1.